The molecule has 5 heteroatoms. The summed E-state index contributed by atoms with van der Waals surface area (Å²) in [5.41, 5.74) is 4.27. The van der Waals surface area contributed by atoms with E-state index in [1.807, 2.05) is 31.2 Å². The maximum Gasteiger partial charge on any atom is 0.281 e. The number of aromatic nitrogens is 1. The molecule has 0 atom stereocenters. The van der Waals surface area contributed by atoms with Crippen LogP contribution in [0.3, 0.4) is 0 Å². The second kappa shape index (κ2) is 6.24. The molecule has 0 saturated carbocycles. The average Bonchev–Trinajstić information content (AvgIpc) is 2.94. The zero-order valence-electron chi connectivity index (χ0n) is 10.9. The molecule has 0 bridgehead atoms. The highest BCUT2D eigenvalue weighted by atomic mass is 32.1. The van der Waals surface area contributed by atoms with Crippen LogP contribution in [0.15, 0.2) is 41.8 Å². The van der Waals surface area contributed by atoms with Gasteiger partial charge in [0.25, 0.3) is 5.91 Å². The Hall–Kier alpha value is -2.01. The first kappa shape index (κ1) is 13.4. The van der Waals surface area contributed by atoms with Crippen LogP contribution in [0.1, 0.15) is 34.0 Å². The number of hydrogen-bond donors (Lipinski definition) is 1. The quantitative estimate of drug-likeness (QED) is 0.688. The van der Waals surface area contributed by atoms with Crippen LogP contribution >= 0.6 is 11.3 Å². The van der Waals surface area contributed by atoms with E-state index in [1.165, 1.54) is 16.2 Å². The Kier molecular flexibility index (Phi) is 4.41. The van der Waals surface area contributed by atoms with Crippen LogP contribution in [0.25, 0.3) is 0 Å². The standard InChI is InChI=1S/C14H15N3OS/c1-3-12-4-5-13(19-12)14(18)17-16-10(2)11-6-8-15-9-7-11/h4-9H,3H2,1-2H3,(H,17,18)/b16-10+. The van der Waals surface area contributed by atoms with Crippen molar-refractivity contribution in [2.45, 2.75) is 20.3 Å². The number of amides is 1. The van der Waals surface area contributed by atoms with Gasteiger partial charge in [0.05, 0.1) is 10.6 Å². The molecule has 98 valence electrons. The topological polar surface area (TPSA) is 54.4 Å². The highest BCUT2D eigenvalue weighted by Crippen LogP contribution is 2.16. The average molecular weight is 273 g/mol. The van der Waals surface area contributed by atoms with Crippen molar-refractivity contribution in [1.82, 2.24) is 10.4 Å². The van der Waals surface area contributed by atoms with Crippen LogP contribution in [0, 0.1) is 0 Å². The zero-order chi connectivity index (χ0) is 13.7. The second-order valence-electron chi connectivity index (χ2n) is 3.99. The lowest BCUT2D eigenvalue weighted by Gasteiger charge is -2.01. The van der Waals surface area contributed by atoms with E-state index in [4.69, 9.17) is 0 Å². The fourth-order valence-corrected chi connectivity index (χ4v) is 2.37. The van der Waals surface area contributed by atoms with Crippen LogP contribution in [0.2, 0.25) is 0 Å². The number of thiophene rings is 1. The fourth-order valence-electron chi connectivity index (χ4n) is 1.54. The normalized spacial score (nSPS) is 11.4. The Morgan fingerprint density at radius 2 is 2.05 bits per heavy atom. The molecule has 2 aromatic heterocycles. The van der Waals surface area contributed by atoms with Crippen molar-refractivity contribution in [2.75, 3.05) is 0 Å². The molecule has 0 fully saturated rings. The van der Waals surface area contributed by atoms with Crippen molar-refractivity contribution in [2.24, 2.45) is 5.10 Å². The van der Waals surface area contributed by atoms with Gasteiger partial charge in [-0.25, -0.2) is 5.43 Å². The first-order chi connectivity index (χ1) is 9.20. The van der Waals surface area contributed by atoms with Crippen molar-refractivity contribution in [3.63, 3.8) is 0 Å². The number of hydrogen-bond acceptors (Lipinski definition) is 4. The molecule has 0 unspecified atom stereocenters. The Morgan fingerprint density at radius 1 is 1.32 bits per heavy atom. The van der Waals surface area contributed by atoms with E-state index in [-0.39, 0.29) is 5.91 Å². The van der Waals surface area contributed by atoms with Gasteiger partial charge in [0.1, 0.15) is 0 Å². The first-order valence-electron chi connectivity index (χ1n) is 6.04. The van der Waals surface area contributed by atoms with Gasteiger partial charge in [0.15, 0.2) is 0 Å². The second-order valence-corrected chi connectivity index (χ2v) is 5.16. The summed E-state index contributed by atoms with van der Waals surface area (Å²) in [5, 5.41) is 4.10. The van der Waals surface area contributed by atoms with E-state index in [9.17, 15) is 4.79 Å². The van der Waals surface area contributed by atoms with Gasteiger partial charge >= 0.3 is 0 Å². The number of carbonyl (C=O) groups is 1. The Labute approximate surface area is 116 Å². The molecule has 0 aliphatic heterocycles. The van der Waals surface area contributed by atoms with Gasteiger partial charge in [0.2, 0.25) is 0 Å². The third-order valence-corrected chi connectivity index (χ3v) is 3.89. The predicted octanol–water partition coefficient (Wildman–Crippen LogP) is 2.86. The molecule has 0 aliphatic carbocycles. The van der Waals surface area contributed by atoms with E-state index in [0.717, 1.165) is 17.7 Å². The minimum absolute atomic E-state index is 0.168. The summed E-state index contributed by atoms with van der Waals surface area (Å²) in [4.78, 5) is 17.7. The summed E-state index contributed by atoms with van der Waals surface area (Å²) in [6.07, 6.45) is 4.34. The lowest BCUT2D eigenvalue weighted by molar-refractivity contribution is 0.0959. The minimum Gasteiger partial charge on any atom is -0.266 e. The lowest BCUT2D eigenvalue weighted by Crippen LogP contribution is -2.18. The predicted molar refractivity (Wildman–Crippen MR) is 77.6 cm³/mol. The molecule has 0 spiro atoms. The van der Waals surface area contributed by atoms with Crippen molar-refractivity contribution < 1.29 is 4.79 Å². The number of nitrogens with zero attached hydrogens (tertiary/aromatic N) is 2. The minimum atomic E-state index is -0.168. The summed E-state index contributed by atoms with van der Waals surface area (Å²) in [7, 11) is 0. The summed E-state index contributed by atoms with van der Waals surface area (Å²) >= 11 is 1.50. The molecule has 0 radical (unpaired) electrons. The van der Waals surface area contributed by atoms with Gasteiger partial charge in [0, 0.05) is 22.8 Å². The number of rotatable bonds is 4. The molecule has 0 aromatic carbocycles. The van der Waals surface area contributed by atoms with Crippen molar-refractivity contribution in [1.29, 1.82) is 0 Å². The van der Waals surface area contributed by atoms with Crippen molar-refractivity contribution in [3.8, 4) is 0 Å². The van der Waals surface area contributed by atoms with Gasteiger partial charge in [-0.1, -0.05) is 6.92 Å². The molecular weight excluding hydrogens is 258 g/mol. The molecule has 2 rings (SSSR count). The van der Waals surface area contributed by atoms with Crippen LogP contribution in [0.5, 0.6) is 0 Å². The molecule has 4 nitrogen and oxygen atoms in total. The monoisotopic (exact) mass is 273 g/mol. The molecular formula is C14H15N3OS. The van der Waals surface area contributed by atoms with Crippen LogP contribution in [-0.4, -0.2) is 16.6 Å². The molecule has 19 heavy (non-hydrogen) atoms. The fraction of sp³-hybridized carbons (Fsp3) is 0.214. The number of nitrogens with one attached hydrogen (secondary N) is 1. The lowest BCUT2D eigenvalue weighted by atomic mass is 10.2. The highest BCUT2D eigenvalue weighted by Gasteiger charge is 2.07. The molecule has 2 aromatic rings. The highest BCUT2D eigenvalue weighted by molar-refractivity contribution is 7.14. The Bertz CT molecular complexity index is 590. The van der Waals surface area contributed by atoms with Crippen LogP contribution < -0.4 is 5.43 Å². The maximum absolute atomic E-state index is 11.9. The summed E-state index contributed by atoms with van der Waals surface area (Å²) in [5.74, 6) is -0.168. The Balaban J connectivity index is 2.03. The smallest absolute Gasteiger partial charge is 0.266 e. The molecule has 1 N–H and O–H groups in total. The SMILES string of the molecule is CCc1ccc(C(=O)N/N=C(\C)c2ccncc2)s1. The Morgan fingerprint density at radius 3 is 2.68 bits per heavy atom. The maximum atomic E-state index is 11.9. The summed E-state index contributed by atoms with van der Waals surface area (Å²) in [6.45, 7) is 3.92. The number of carbonyl (C=O) groups excluding carboxylic acids is 1. The van der Waals surface area contributed by atoms with E-state index in [1.54, 1.807) is 12.4 Å². The summed E-state index contributed by atoms with van der Waals surface area (Å²) < 4.78 is 0. The van der Waals surface area contributed by atoms with Gasteiger partial charge < -0.3 is 0 Å². The van der Waals surface area contributed by atoms with E-state index in [0.29, 0.717) is 4.88 Å². The van der Waals surface area contributed by atoms with Crippen LogP contribution in [0.4, 0.5) is 0 Å². The number of hydrazone groups is 1. The van der Waals surface area contributed by atoms with Crippen LogP contribution in [-0.2, 0) is 6.42 Å². The molecule has 0 saturated heterocycles. The zero-order valence-corrected chi connectivity index (χ0v) is 11.7. The van der Waals surface area contributed by atoms with Gasteiger partial charge in [-0.05, 0) is 37.6 Å². The van der Waals surface area contributed by atoms with E-state index < -0.39 is 0 Å². The molecule has 0 aliphatic rings. The molecule has 1 amide bonds. The van der Waals surface area contributed by atoms with E-state index >= 15 is 0 Å². The number of aryl methyl sites for hydroxylation is 1. The third-order valence-electron chi connectivity index (χ3n) is 2.66. The van der Waals surface area contributed by atoms with Gasteiger partial charge in [-0.15, -0.1) is 11.3 Å². The first-order valence-corrected chi connectivity index (χ1v) is 6.86. The summed E-state index contributed by atoms with van der Waals surface area (Å²) in [6, 6.07) is 7.51. The van der Waals surface area contributed by atoms with Crippen molar-refractivity contribution >= 4 is 23.0 Å². The molecule has 2 heterocycles. The van der Waals surface area contributed by atoms with Crippen molar-refractivity contribution in [3.05, 3.63) is 52.0 Å². The third kappa shape index (κ3) is 3.48. The van der Waals surface area contributed by atoms with Gasteiger partial charge in [-0.3, -0.25) is 9.78 Å². The van der Waals surface area contributed by atoms with E-state index in [2.05, 4.69) is 22.4 Å². The van der Waals surface area contributed by atoms with Gasteiger partial charge in [-0.2, -0.15) is 5.10 Å². The number of pyridine rings is 1. The largest absolute Gasteiger partial charge is 0.281 e.